The molecule has 2 N–H and O–H groups in total. The molecule has 0 aliphatic carbocycles. The number of halogens is 1. The molecule has 2 heterocycles. The van der Waals surface area contributed by atoms with Crippen molar-refractivity contribution in [2.24, 2.45) is 0 Å². The van der Waals surface area contributed by atoms with E-state index in [2.05, 4.69) is 41.7 Å². The van der Waals surface area contributed by atoms with Crippen LogP contribution in [0.4, 0.5) is 4.79 Å². The quantitative estimate of drug-likeness (QED) is 0.843. The van der Waals surface area contributed by atoms with Crippen LogP contribution in [0.1, 0.15) is 17.3 Å². The Balaban J connectivity index is 1.85. The molecule has 2 aromatic rings. The van der Waals surface area contributed by atoms with Crippen LogP contribution < -0.4 is 15.4 Å². The SMILES string of the molecule is COc1ncc(Br)cc1CNC(=O)NCc1noc(C)n1. The van der Waals surface area contributed by atoms with Crippen LogP contribution in [0.3, 0.4) is 0 Å². The number of aromatic nitrogens is 3. The van der Waals surface area contributed by atoms with E-state index in [1.165, 1.54) is 7.11 Å². The van der Waals surface area contributed by atoms with Gasteiger partial charge in [0, 0.05) is 29.7 Å². The number of nitrogens with zero attached hydrogens (tertiary/aromatic N) is 3. The highest BCUT2D eigenvalue weighted by molar-refractivity contribution is 9.10. The fourth-order valence-corrected chi connectivity index (χ4v) is 1.97. The number of nitrogens with one attached hydrogen (secondary N) is 2. The fourth-order valence-electron chi connectivity index (χ4n) is 1.59. The Morgan fingerprint density at radius 1 is 1.43 bits per heavy atom. The molecular formula is C12H14BrN5O3. The van der Waals surface area contributed by atoms with Crippen molar-refractivity contribution in [2.45, 2.75) is 20.0 Å². The van der Waals surface area contributed by atoms with E-state index < -0.39 is 0 Å². The molecule has 8 nitrogen and oxygen atoms in total. The largest absolute Gasteiger partial charge is 0.481 e. The molecule has 21 heavy (non-hydrogen) atoms. The maximum absolute atomic E-state index is 11.7. The first-order valence-electron chi connectivity index (χ1n) is 6.08. The standard InChI is InChI=1S/C12H14BrN5O3/c1-7-17-10(18-21-7)6-16-12(19)15-4-8-3-9(13)5-14-11(8)20-2/h3,5H,4,6H2,1-2H3,(H2,15,16,19). The number of methoxy groups -OCH3 is 1. The van der Waals surface area contributed by atoms with Crippen LogP contribution in [0.5, 0.6) is 5.88 Å². The van der Waals surface area contributed by atoms with Crippen LogP contribution in [0.25, 0.3) is 0 Å². The fraction of sp³-hybridized carbons (Fsp3) is 0.333. The van der Waals surface area contributed by atoms with Gasteiger partial charge in [-0.05, 0) is 22.0 Å². The molecule has 2 aromatic heterocycles. The third-order valence-corrected chi connectivity index (χ3v) is 2.94. The molecule has 112 valence electrons. The first-order chi connectivity index (χ1) is 10.1. The second-order valence-electron chi connectivity index (χ2n) is 4.09. The normalized spacial score (nSPS) is 10.2. The number of urea groups is 1. The van der Waals surface area contributed by atoms with Crippen molar-refractivity contribution in [1.29, 1.82) is 0 Å². The van der Waals surface area contributed by atoms with Gasteiger partial charge >= 0.3 is 6.03 Å². The number of pyridine rings is 1. The Morgan fingerprint density at radius 3 is 2.86 bits per heavy atom. The first kappa shape index (κ1) is 15.2. The number of ether oxygens (including phenoxy) is 1. The van der Waals surface area contributed by atoms with E-state index in [1.54, 1.807) is 13.1 Å². The van der Waals surface area contributed by atoms with Gasteiger partial charge in [-0.25, -0.2) is 9.78 Å². The molecule has 0 spiro atoms. The number of hydrogen-bond acceptors (Lipinski definition) is 6. The molecule has 0 aromatic carbocycles. The van der Waals surface area contributed by atoms with Gasteiger partial charge in [0.1, 0.15) is 0 Å². The zero-order valence-corrected chi connectivity index (χ0v) is 13.1. The predicted molar refractivity (Wildman–Crippen MR) is 76.6 cm³/mol. The number of aryl methyl sites for hydroxylation is 1. The summed E-state index contributed by atoms with van der Waals surface area (Å²) in [6.45, 7) is 2.16. The maximum atomic E-state index is 11.7. The minimum atomic E-state index is -0.348. The number of carbonyl (C=O) groups is 1. The summed E-state index contributed by atoms with van der Waals surface area (Å²) in [6.07, 6.45) is 1.63. The molecule has 0 fully saturated rings. The van der Waals surface area contributed by atoms with Crippen molar-refractivity contribution in [3.63, 3.8) is 0 Å². The van der Waals surface area contributed by atoms with Gasteiger partial charge in [-0.3, -0.25) is 0 Å². The summed E-state index contributed by atoms with van der Waals surface area (Å²) in [5.74, 6) is 1.34. The minimum Gasteiger partial charge on any atom is -0.481 e. The Kier molecular flexibility index (Phi) is 5.09. The van der Waals surface area contributed by atoms with Crippen molar-refractivity contribution >= 4 is 22.0 Å². The van der Waals surface area contributed by atoms with Crippen LogP contribution in [-0.2, 0) is 13.1 Å². The molecule has 0 unspecified atom stereocenters. The third kappa shape index (κ3) is 4.42. The van der Waals surface area contributed by atoms with Gasteiger partial charge < -0.3 is 19.9 Å². The molecule has 0 bridgehead atoms. The highest BCUT2D eigenvalue weighted by Gasteiger charge is 2.08. The minimum absolute atomic E-state index is 0.192. The summed E-state index contributed by atoms with van der Waals surface area (Å²) in [7, 11) is 1.53. The van der Waals surface area contributed by atoms with E-state index in [0.29, 0.717) is 17.6 Å². The van der Waals surface area contributed by atoms with Gasteiger partial charge in [0.05, 0.1) is 13.7 Å². The van der Waals surface area contributed by atoms with E-state index in [0.717, 1.165) is 10.0 Å². The lowest BCUT2D eigenvalue weighted by Gasteiger charge is -2.09. The van der Waals surface area contributed by atoms with E-state index in [-0.39, 0.29) is 19.1 Å². The van der Waals surface area contributed by atoms with Gasteiger partial charge in [-0.2, -0.15) is 4.98 Å². The van der Waals surface area contributed by atoms with E-state index in [4.69, 9.17) is 9.26 Å². The van der Waals surface area contributed by atoms with Crippen LogP contribution in [0, 0.1) is 6.92 Å². The maximum Gasteiger partial charge on any atom is 0.315 e. The summed E-state index contributed by atoms with van der Waals surface area (Å²) in [5.41, 5.74) is 0.762. The zero-order valence-electron chi connectivity index (χ0n) is 11.5. The lowest BCUT2D eigenvalue weighted by Crippen LogP contribution is -2.34. The second kappa shape index (κ2) is 7.02. The Labute approximate surface area is 129 Å². The van der Waals surface area contributed by atoms with Crippen molar-refractivity contribution in [3.8, 4) is 5.88 Å². The zero-order chi connectivity index (χ0) is 15.2. The lowest BCUT2D eigenvalue weighted by atomic mass is 10.2. The second-order valence-corrected chi connectivity index (χ2v) is 5.00. The van der Waals surface area contributed by atoms with Crippen molar-refractivity contribution < 1.29 is 14.1 Å². The molecule has 0 aliphatic rings. The molecule has 0 saturated heterocycles. The van der Waals surface area contributed by atoms with E-state index in [1.807, 2.05) is 6.07 Å². The number of hydrogen-bond donors (Lipinski definition) is 2. The average Bonchev–Trinajstić information content (AvgIpc) is 2.88. The molecule has 0 radical (unpaired) electrons. The van der Waals surface area contributed by atoms with Crippen LogP contribution >= 0.6 is 15.9 Å². The van der Waals surface area contributed by atoms with Crippen molar-refractivity contribution in [3.05, 3.63) is 34.0 Å². The molecule has 2 rings (SSSR count). The van der Waals surface area contributed by atoms with Crippen LogP contribution in [0.15, 0.2) is 21.3 Å². The van der Waals surface area contributed by atoms with Crippen molar-refractivity contribution in [2.75, 3.05) is 7.11 Å². The third-order valence-electron chi connectivity index (χ3n) is 2.50. The number of rotatable bonds is 5. The molecule has 9 heteroatoms. The monoisotopic (exact) mass is 355 g/mol. The summed E-state index contributed by atoms with van der Waals surface area (Å²) in [4.78, 5) is 19.8. The summed E-state index contributed by atoms with van der Waals surface area (Å²) < 4.78 is 10.7. The van der Waals surface area contributed by atoms with E-state index >= 15 is 0 Å². The smallest absolute Gasteiger partial charge is 0.315 e. The molecule has 0 atom stereocenters. The van der Waals surface area contributed by atoms with Gasteiger partial charge in [0.25, 0.3) is 0 Å². The summed E-state index contributed by atoms with van der Waals surface area (Å²) in [6, 6.07) is 1.48. The lowest BCUT2D eigenvalue weighted by molar-refractivity contribution is 0.239. The van der Waals surface area contributed by atoms with Crippen molar-refractivity contribution in [1.82, 2.24) is 25.8 Å². The number of amides is 2. The molecular weight excluding hydrogens is 342 g/mol. The Hall–Kier alpha value is -2.16. The first-order valence-corrected chi connectivity index (χ1v) is 6.87. The van der Waals surface area contributed by atoms with Gasteiger partial charge in [-0.15, -0.1) is 0 Å². The topological polar surface area (TPSA) is 102 Å². The predicted octanol–water partition coefficient (Wildman–Crippen LogP) is 1.54. The molecule has 0 aliphatic heterocycles. The average molecular weight is 356 g/mol. The Morgan fingerprint density at radius 2 is 2.19 bits per heavy atom. The Bertz CT molecular complexity index is 631. The highest BCUT2D eigenvalue weighted by atomic mass is 79.9. The highest BCUT2D eigenvalue weighted by Crippen LogP contribution is 2.19. The molecule has 2 amide bonds. The van der Waals surface area contributed by atoms with Gasteiger partial charge in [-0.1, -0.05) is 5.16 Å². The van der Waals surface area contributed by atoms with Crippen LogP contribution in [0.2, 0.25) is 0 Å². The summed E-state index contributed by atoms with van der Waals surface area (Å²) in [5, 5.41) is 9.01. The summed E-state index contributed by atoms with van der Waals surface area (Å²) >= 11 is 3.32. The van der Waals surface area contributed by atoms with Gasteiger partial charge in [0.15, 0.2) is 5.82 Å². The van der Waals surface area contributed by atoms with E-state index in [9.17, 15) is 4.79 Å². The number of carbonyl (C=O) groups excluding carboxylic acids is 1. The molecule has 0 saturated carbocycles. The van der Waals surface area contributed by atoms with Crippen LogP contribution in [-0.4, -0.2) is 28.3 Å². The van der Waals surface area contributed by atoms with Gasteiger partial charge in [0.2, 0.25) is 11.8 Å².